The van der Waals surface area contributed by atoms with Crippen molar-refractivity contribution in [1.29, 1.82) is 0 Å². The Hall–Kier alpha value is -2.84. The van der Waals surface area contributed by atoms with Crippen LogP contribution in [0.4, 0.5) is 10.8 Å². The molecular formula is C27H22BrCl2N3O2S. The van der Waals surface area contributed by atoms with Crippen LogP contribution in [0.15, 0.2) is 88.9 Å². The van der Waals surface area contributed by atoms with Crippen molar-refractivity contribution in [1.82, 2.24) is 10.3 Å². The number of anilines is 2. The first kappa shape index (κ1) is 26.2. The van der Waals surface area contributed by atoms with Crippen molar-refractivity contribution < 1.29 is 9.90 Å². The Morgan fingerprint density at radius 1 is 1.08 bits per heavy atom. The number of nitrogens with zero attached hydrogens (tertiary/aromatic N) is 2. The summed E-state index contributed by atoms with van der Waals surface area (Å²) in [6, 6.07) is 20.9. The van der Waals surface area contributed by atoms with Gasteiger partial charge in [-0.1, -0.05) is 63.9 Å². The highest BCUT2D eigenvalue weighted by molar-refractivity contribution is 9.10. The highest BCUT2D eigenvalue weighted by Crippen LogP contribution is 2.35. The van der Waals surface area contributed by atoms with Crippen LogP contribution >= 0.6 is 50.5 Å². The molecule has 2 N–H and O–H groups in total. The number of rotatable bonds is 9. The first-order valence-corrected chi connectivity index (χ1v) is 13.4. The second-order valence-electron chi connectivity index (χ2n) is 7.98. The van der Waals surface area contributed by atoms with Gasteiger partial charge in [0.1, 0.15) is 0 Å². The van der Waals surface area contributed by atoms with Crippen LogP contribution in [0.1, 0.15) is 22.3 Å². The molecule has 0 aliphatic carbocycles. The van der Waals surface area contributed by atoms with E-state index in [9.17, 15) is 9.90 Å². The van der Waals surface area contributed by atoms with E-state index in [0.717, 1.165) is 32.1 Å². The zero-order valence-corrected chi connectivity index (χ0v) is 23.0. The van der Waals surface area contributed by atoms with E-state index in [1.54, 1.807) is 24.3 Å². The van der Waals surface area contributed by atoms with Crippen LogP contribution in [-0.2, 0) is 6.54 Å². The molecule has 0 unspecified atom stereocenters. The molecule has 1 amide bonds. The predicted octanol–water partition coefficient (Wildman–Crippen LogP) is 8.41. The van der Waals surface area contributed by atoms with Crippen molar-refractivity contribution >= 4 is 67.2 Å². The van der Waals surface area contributed by atoms with Gasteiger partial charge in [-0.15, -0.1) is 11.3 Å². The lowest BCUT2D eigenvalue weighted by atomic mass is 10.1. The molecule has 0 spiro atoms. The minimum atomic E-state index is -0.211. The standard InChI is InChI=1S/C27H22BrCl2N3O2S/c1-17(34)11-12-31-26(35)19-5-8-22(9-6-19)33(15-18-3-2-4-21(28)13-18)27-32-25(16-36-27)20-7-10-23(29)24(30)14-20/h2-10,13-14,16,34H,1,11-12,15H2,(H,31,35). The van der Waals surface area contributed by atoms with Crippen molar-refractivity contribution in [3.05, 3.63) is 110 Å². The molecule has 0 saturated heterocycles. The fraction of sp³-hybridized carbons (Fsp3) is 0.111. The molecule has 0 aliphatic rings. The van der Waals surface area contributed by atoms with Crippen LogP contribution in [0.25, 0.3) is 11.3 Å². The molecule has 184 valence electrons. The number of thiazole rings is 1. The Bertz CT molecular complexity index is 1390. The molecule has 1 aromatic heterocycles. The number of carbonyl (C=O) groups is 1. The average molecular weight is 603 g/mol. The number of nitrogens with one attached hydrogen (secondary N) is 1. The van der Waals surface area contributed by atoms with Gasteiger partial charge in [0.15, 0.2) is 5.13 Å². The van der Waals surface area contributed by atoms with Gasteiger partial charge in [-0.25, -0.2) is 4.98 Å². The smallest absolute Gasteiger partial charge is 0.251 e. The van der Waals surface area contributed by atoms with Gasteiger partial charge in [-0.2, -0.15) is 0 Å². The zero-order valence-electron chi connectivity index (χ0n) is 19.0. The summed E-state index contributed by atoms with van der Waals surface area (Å²) in [4.78, 5) is 19.4. The number of aliphatic hydroxyl groups is 1. The number of halogens is 3. The van der Waals surface area contributed by atoms with Crippen molar-refractivity contribution in [3.63, 3.8) is 0 Å². The number of carbonyl (C=O) groups excluding carboxylic acids is 1. The minimum absolute atomic E-state index is 0.0394. The third-order valence-corrected chi connectivity index (χ3v) is 7.40. The molecular weight excluding hydrogens is 581 g/mol. The van der Waals surface area contributed by atoms with Gasteiger partial charge < -0.3 is 15.3 Å². The summed E-state index contributed by atoms with van der Waals surface area (Å²) in [5.74, 6) is -0.171. The summed E-state index contributed by atoms with van der Waals surface area (Å²) in [6.07, 6.45) is 0.315. The van der Waals surface area contributed by atoms with E-state index in [1.807, 2.05) is 35.7 Å². The number of aromatic nitrogens is 1. The van der Waals surface area contributed by atoms with Gasteiger partial charge in [0.05, 0.1) is 28.0 Å². The van der Waals surface area contributed by atoms with Crippen LogP contribution < -0.4 is 10.2 Å². The Labute approximate surface area is 232 Å². The topological polar surface area (TPSA) is 65.5 Å². The van der Waals surface area contributed by atoms with E-state index >= 15 is 0 Å². The molecule has 0 bridgehead atoms. The maximum Gasteiger partial charge on any atom is 0.251 e. The van der Waals surface area contributed by atoms with Gasteiger partial charge in [0, 0.05) is 39.6 Å². The third kappa shape index (κ3) is 6.68. The molecule has 4 aromatic rings. The second-order valence-corrected chi connectivity index (χ2v) is 10.5. The minimum Gasteiger partial charge on any atom is -0.513 e. The summed E-state index contributed by atoms with van der Waals surface area (Å²) in [5.41, 5.74) is 4.20. The van der Waals surface area contributed by atoms with Gasteiger partial charge in [0.25, 0.3) is 5.91 Å². The monoisotopic (exact) mass is 601 g/mol. The molecule has 0 atom stereocenters. The SMILES string of the molecule is C=C(O)CCNC(=O)c1ccc(N(Cc2cccc(Br)c2)c2nc(-c3ccc(Cl)c(Cl)c3)cs2)cc1. The highest BCUT2D eigenvalue weighted by atomic mass is 79.9. The molecule has 4 rings (SSSR count). The van der Waals surface area contributed by atoms with Gasteiger partial charge in [0.2, 0.25) is 0 Å². The summed E-state index contributed by atoms with van der Waals surface area (Å²) in [6.45, 7) is 4.33. The van der Waals surface area contributed by atoms with E-state index < -0.39 is 0 Å². The Balaban J connectivity index is 1.62. The van der Waals surface area contributed by atoms with E-state index in [1.165, 1.54) is 11.3 Å². The lowest BCUT2D eigenvalue weighted by Crippen LogP contribution is -2.24. The van der Waals surface area contributed by atoms with Crippen molar-refractivity contribution in [2.75, 3.05) is 11.4 Å². The molecule has 0 radical (unpaired) electrons. The van der Waals surface area contributed by atoms with Gasteiger partial charge >= 0.3 is 0 Å². The molecule has 9 heteroatoms. The van der Waals surface area contributed by atoms with E-state index in [4.69, 9.17) is 28.2 Å². The average Bonchev–Trinajstić information content (AvgIpc) is 3.34. The lowest BCUT2D eigenvalue weighted by molar-refractivity contribution is 0.0953. The molecule has 0 aliphatic heterocycles. The van der Waals surface area contributed by atoms with Gasteiger partial charge in [-0.3, -0.25) is 4.79 Å². The number of amides is 1. The number of aliphatic hydroxyl groups excluding tert-OH is 1. The summed E-state index contributed by atoms with van der Waals surface area (Å²) in [7, 11) is 0. The largest absolute Gasteiger partial charge is 0.513 e. The first-order chi connectivity index (χ1) is 17.3. The maximum atomic E-state index is 12.4. The highest BCUT2D eigenvalue weighted by Gasteiger charge is 2.17. The summed E-state index contributed by atoms with van der Waals surface area (Å²) >= 11 is 17.4. The fourth-order valence-corrected chi connectivity index (χ4v) is 5.08. The molecule has 5 nitrogen and oxygen atoms in total. The van der Waals surface area contributed by atoms with E-state index in [-0.39, 0.29) is 11.7 Å². The van der Waals surface area contributed by atoms with E-state index in [0.29, 0.717) is 35.1 Å². The van der Waals surface area contributed by atoms with Crippen LogP contribution in [0.5, 0.6) is 0 Å². The number of benzene rings is 3. The molecule has 3 aromatic carbocycles. The normalized spacial score (nSPS) is 10.8. The predicted molar refractivity (Wildman–Crippen MR) is 153 cm³/mol. The molecule has 36 heavy (non-hydrogen) atoms. The van der Waals surface area contributed by atoms with Crippen molar-refractivity contribution in [2.45, 2.75) is 13.0 Å². The molecule has 1 heterocycles. The Kier molecular flexibility index (Phi) is 8.69. The fourth-order valence-electron chi connectivity index (χ4n) is 3.48. The quantitative estimate of drug-likeness (QED) is 0.189. The maximum absolute atomic E-state index is 12.4. The number of hydrogen-bond donors (Lipinski definition) is 2. The number of hydrogen-bond acceptors (Lipinski definition) is 5. The Morgan fingerprint density at radius 3 is 2.56 bits per heavy atom. The van der Waals surface area contributed by atoms with E-state index in [2.05, 4.69) is 44.9 Å². The first-order valence-electron chi connectivity index (χ1n) is 11.0. The summed E-state index contributed by atoms with van der Waals surface area (Å²) < 4.78 is 0.994. The Morgan fingerprint density at radius 2 is 1.86 bits per heavy atom. The third-order valence-electron chi connectivity index (χ3n) is 5.31. The lowest BCUT2D eigenvalue weighted by Gasteiger charge is -2.22. The van der Waals surface area contributed by atoms with Crippen LogP contribution in [0, 0.1) is 0 Å². The second kappa shape index (κ2) is 11.9. The molecule has 0 saturated carbocycles. The van der Waals surface area contributed by atoms with Crippen molar-refractivity contribution in [2.24, 2.45) is 0 Å². The summed E-state index contributed by atoms with van der Waals surface area (Å²) in [5, 5.41) is 15.7. The van der Waals surface area contributed by atoms with Crippen molar-refractivity contribution in [3.8, 4) is 11.3 Å². The zero-order chi connectivity index (χ0) is 25.7. The molecule has 0 fully saturated rings. The van der Waals surface area contributed by atoms with Crippen LogP contribution in [0.2, 0.25) is 10.0 Å². The van der Waals surface area contributed by atoms with Crippen LogP contribution in [-0.4, -0.2) is 22.5 Å². The van der Waals surface area contributed by atoms with Gasteiger partial charge in [-0.05, 0) is 54.1 Å². The van der Waals surface area contributed by atoms with Crippen LogP contribution in [0.3, 0.4) is 0 Å².